The highest BCUT2D eigenvalue weighted by Crippen LogP contribution is 2.48. The van der Waals surface area contributed by atoms with Gasteiger partial charge in [-0.1, -0.05) is 52.0 Å². The van der Waals surface area contributed by atoms with E-state index in [9.17, 15) is 0 Å². The van der Waals surface area contributed by atoms with E-state index >= 15 is 0 Å². The second-order valence-electron chi connectivity index (χ2n) is 7.33. The Labute approximate surface area is 118 Å². The summed E-state index contributed by atoms with van der Waals surface area (Å²) in [6.07, 6.45) is 4.13. The first kappa shape index (κ1) is 14.6. The Morgan fingerprint density at radius 3 is 2.16 bits per heavy atom. The lowest BCUT2D eigenvalue weighted by atomic mass is 9.86. The highest BCUT2D eigenvalue weighted by atomic mass is 14.9. The van der Waals surface area contributed by atoms with E-state index in [1.54, 1.807) is 0 Å². The maximum atomic E-state index is 3.71. The molecule has 0 spiro atoms. The van der Waals surface area contributed by atoms with Crippen molar-refractivity contribution < 1.29 is 0 Å². The van der Waals surface area contributed by atoms with Crippen LogP contribution in [0.2, 0.25) is 0 Å². The van der Waals surface area contributed by atoms with Gasteiger partial charge in [0, 0.05) is 12.6 Å². The molecule has 19 heavy (non-hydrogen) atoms. The predicted molar refractivity (Wildman–Crippen MR) is 83.5 cm³/mol. The molecule has 1 N–H and O–H groups in total. The summed E-state index contributed by atoms with van der Waals surface area (Å²) in [5.74, 6) is 0. The minimum Gasteiger partial charge on any atom is -0.310 e. The van der Waals surface area contributed by atoms with Gasteiger partial charge in [-0.25, -0.2) is 0 Å². The van der Waals surface area contributed by atoms with Gasteiger partial charge in [-0.05, 0) is 48.1 Å². The number of rotatable bonds is 5. The molecule has 0 aliphatic heterocycles. The summed E-state index contributed by atoms with van der Waals surface area (Å²) in [7, 11) is 0. The SMILES string of the molecule is CCC1(CNC(C)c2ccc(C(C)(C)C)cc2)CC1. The number of hydrogen-bond acceptors (Lipinski definition) is 1. The topological polar surface area (TPSA) is 12.0 Å². The molecular formula is C18H29N. The molecule has 2 rings (SSSR count). The Balaban J connectivity index is 1.94. The molecule has 1 saturated carbocycles. The smallest absolute Gasteiger partial charge is 0.0292 e. The van der Waals surface area contributed by atoms with Crippen LogP contribution in [0.25, 0.3) is 0 Å². The molecule has 1 nitrogen and oxygen atoms in total. The molecule has 0 aromatic heterocycles. The van der Waals surface area contributed by atoms with Crippen LogP contribution in [0.15, 0.2) is 24.3 Å². The maximum absolute atomic E-state index is 3.71. The van der Waals surface area contributed by atoms with Crippen LogP contribution in [0.4, 0.5) is 0 Å². The molecule has 1 unspecified atom stereocenters. The van der Waals surface area contributed by atoms with Gasteiger partial charge in [0.25, 0.3) is 0 Å². The molecule has 106 valence electrons. The van der Waals surface area contributed by atoms with Gasteiger partial charge >= 0.3 is 0 Å². The van der Waals surface area contributed by atoms with Crippen LogP contribution in [0.5, 0.6) is 0 Å². The molecule has 1 aromatic rings. The lowest BCUT2D eigenvalue weighted by molar-refractivity contribution is 0.415. The fourth-order valence-electron chi connectivity index (χ4n) is 2.59. The van der Waals surface area contributed by atoms with Gasteiger partial charge in [-0.15, -0.1) is 0 Å². The number of nitrogens with one attached hydrogen (secondary N) is 1. The average Bonchev–Trinajstić information content (AvgIpc) is 3.16. The molecule has 0 saturated heterocycles. The van der Waals surface area contributed by atoms with Crippen LogP contribution in [0.1, 0.15) is 71.0 Å². The van der Waals surface area contributed by atoms with E-state index < -0.39 is 0 Å². The molecule has 0 radical (unpaired) electrons. The first-order chi connectivity index (χ1) is 8.86. The van der Waals surface area contributed by atoms with Gasteiger partial charge in [0.2, 0.25) is 0 Å². The monoisotopic (exact) mass is 259 g/mol. The van der Waals surface area contributed by atoms with Crippen molar-refractivity contribution in [3.63, 3.8) is 0 Å². The van der Waals surface area contributed by atoms with Crippen molar-refractivity contribution in [2.24, 2.45) is 5.41 Å². The van der Waals surface area contributed by atoms with E-state index in [-0.39, 0.29) is 5.41 Å². The zero-order chi connectivity index (χ0) is 14.1. The molecule has 0 amide bonds. The third kappa shape index (κ3) is 3.60. The Morgan fingerprint density at radius 2 is 1.74 bits per heavy atom. The number of hydrogen-bond donors (Lipinski definition) is 1. The molecule has 0 heterocycles. The lowest BCUT2D eigenvalue weighted by Gasteiger charge is -2.22. The largest absolute Gasteiger partial charge is 0.310 e. The lowest BCUT2D eigenvalue weighted by Crippen LogP contribution is -2.26. The summed E-state index contributed by atoms with van der Waals surface area (Å²) in [5, 5.41) is 3.71. The second-order valence-corrected chi connectivity index (χ2v) is 7.33. The van der Waals surface area contributed by atoms with Crippen molar-refractivity contribution in [3.8, 4) is 0 Å². The second kappa shape index (κ2) is 5.28. The van der Waals surface area contributed by atoms with Crippen LogP contribution in [0.3, 0.4) is 0 Å². The molecule has 0 bridgehead atoms. The zero-order valence-corrected chi connectivity index (χ0v) is 13.2. The summed E-state index contributed by atoms with van der Waals surface area (Å²) >= 11 is 0. The Kier molecular flexibility index (Phi) is 4.06. The van der Waals surface area contributed by atoms with E-state index in [0.717, 1.165) is 0 Å². The normalized spacial score (nSPS) is 19.2. The van der Waals surface area contributed by atoms with Crippen molar-refractivity contribution in [1.82, 2.24) is 5.32 Å². The maximum Gasteiger partial charge on any atom is 0.0292 e. The summed E-state index contributed by atoms with van der Waals surface area (Å²) < 4.78 is 0. The highest BCUT2D eigenvalue weighted by molar-refractivity contribution is 5.29. The first-order valence-corrected chi connectivity index (χ1v) is 7.70. The quantitative estimate of drug-likeness (QED) is 0.799. The summed E-state index contributed by atoms with van der Waals surface area (Å²) in [6, 6.07) is 9.58. The number of benzene rings is 1. The van der Waals surface area contributed by atoms with E-state index in [1.807, 2.05) is 0 Å². The Morgan fingerprint density at radius 1 is 1.16 bits per heavy atom. The van der Waals surface area contributed by atoms with Gasteiger partial charge in [0.05, 0.1) is 0 Å². The predicted octanol–water partition coefficient (Wildman–Crippen LogP) is 4.82. The van der Waals surface area contributed by atoms with Crippen molar-refractivity contribution in [1.29, 1.82) is 0 Å². The fraction of sp³-hybridized carbons (Fsp3) is 0.667. The van der Waals surface area contributed by atoms with Crippen molar-refractivity contribution in [2.45, 2.75) is 65.3 Å². The molecule has 1 aromatic carbocycles. The van der Waals surface area contributed by atoms with Crippen LogP contribution >= 0.6 is 0 Å². The average molecular weight is 259 g/mol. The van der Waals surface area contributed by atoms with E-state index in [2.05, 4.69) is 64.2 Å². The molecule has 1 aliphatic rings. The molecule has 1 atom stereocenters. The van der Waals surface area contributed by atoms with Crippen LogP contribution in [-0.2, 0) is 5.41 Å². The van der Waals surface area contributed by atoms with E-state index in [1.165, 1.54) is 36.9 Å². The molecule has 1 heteroatoms. The van der Waals surface area contributed by atoms with Crippen molar-refractivity contribution in [3.05, 3.63) is 35.4 Å². The summed E-state index contributed by atoms with van der Waals surface area (Å²) in [4.78, 5) is 0. The van der Waals surface area contributed by atoms with E-state index in [0.29, 0.717) is 11.5 Å². The van der Waals surface area contributed by atoms with Gasteiger partial charge < -0.3 is 5.32 Å². The standard InChI is InChI=1S/C18H29N/c1-6-18(11-12-18)13-19-14(2)15-7-9-16(10-8-15)17(3,4)5/h7-10,14,19H,6,11-13H2,1-5H3. The molecular weight excluding hydrogens is 230 g/mol. The Bertz CT molecular complexity index is 406. The van der Waals surface area contributed by atoms with Crippen LogP contribution in [-0.4, -0.2) is 6.54 Å². The minimum atomic E-state index is 0.246. The van der Waals surface area contributed by atoms with Gasteiger partial charge in [0.1, 0.15) is 0 Å². The van der Waals surface area contributed by atoms with Crippen LogP contribution < -0.4 is 5.32 Å². The first-order valence-electron chi connectivity index (χ1n) is 7.70. The van der Waals surface area contributed by atoms with Gasteiger partial charge in [0.15, 0.2) is 0 Å². The van der Waals surface area contributed by atoms with Crippen molar-refractivity contribution >= 4 is 0 Å². The van der Waals surface area contributed by atoms with Crippen molar-refractivity contribution in [2.75, 3.05) is 6.54 Å². The Hall–Kier alpha value is -0.820. The fourth-order valence-corrected chi connectivity index (χ4v) is 2.59. The summed E-state index contributed by atoms with van der Waals surface area (Å²) in [6.45, 7) is 12.6. The summed E-state index contributed by atoms with van der Waals surface area (Å²) in [5.41, 5.74) is 3.69. The third-order valence-electron chi connectivity index (χ3n) is 4.77. The van der Waals surface area contributed by atoms with Gasteiger partial charge in [-0.3, -0.25) is 0 Å². The molecule has 1 fully saturated rings. The van der Waals surface area contributed by atoms with E-state index in [4.69, 9.17) is 0 Å². The third-order valence-corrected chi connectivity index (χ3v) is 4.77. The van der Waals surface area contributed by atoms with Gasteiger partial charge in [-0.2, -0.15) is 0 Å². The zero-order valence-electron chi connectivity index (χ0n) is 13.2. The molecule has 1 aliphatic carbocycles. The van der Waals surface area contributed by atoms with Crippen LogP contribution in [0, 0.1) is 5.41 Å². The highest BCUT2D eigenvalue weighted by Gasteiger charge is 2.40. The minimum absolute atomic E-state index is 0.246.